The molecule has 0 aliphatic heterocycles. The lowest BCUT2D eigenvalue weighted by molar-refractivity contribution is -0.115. The number of nitrogens with zero attached hydrogens (tertiary/aromatic N) is 1. The van der Waals surface area contributed by atoms with E-state index in [1.807, 2.05) is 0 Å². The fraction of sp³-hybridized carbons (Fsp3) is 0.0769. The number of hydrogen-bond donors (Lipinski definition) is 2. The highest BCUT2D eigenvalue weighted by Gasteiger charge is 2.07. The Morgan fingerprint density at radius 2 is 2.17 bits per heavy atom. The first-order valence-electron chi connectivity index (χ1n) is 5.33. The summed E-state index contributed by atoms with van der Waals surface area (Å²) in [5.41, 5.74) is 0.722. The van der Waals surface area contributed by atoms with Gasteiger partial charge in [0, 0.05) is 6.20 Å². The van der Waals surface area contributed by atoms with Crippen molar-refractivity contribution in [3.63, 3.8) is 0 Å². The Balaban J connectivity index is 2.03. The van der Waals surface area contributed by atoms with E-state index in [2.05, 4.69) is 10.3 Å². The molecule has 0 saturated heterocycles. The largest absolute Gasteiger partial charge is 0.508 e. The topological polar surface area (TPSA) is 62.2 Å². The molecule has 4 nitrogen and oxygen atoms in total. The Bertz CT molecular complexity index is 572. The summed E-state index contributed by atoms with van der Waals surface area (Å²) in [6, 6.07) is 9.88. The van der Waals surface area contributed by atoms with Gasteiger partial charge in [-0.15, -0.1) is 0 Å². The summed E-state index contributed by atoms with van der Waals surface area (Å²) in [5, 5.41) is 12.3. The van der Waals surface area contributed by atoms with Gasteiger partial charge in [0.05, 0.1) is 11.4 Å². The summed E-state index contributed by atoms with van der Waals surface area (Å²) in [4.78, 5) is 15.7. The Kier molecular flexibility index (Phi) is 3.79. The van der Waals surface area contributed by atoms with Crippen molar-refractivity contribution in [2.75, 3.05) is 5.32 Å². The van der Waals surface area contributed by atoms with Crippen LogP contribution in [0.15, 0.2) is 42.6 Å². The van der Waals surface area contributed by atoms with E-state index in [1.54, 1.807) is 42.6 Å². The molecule has 0 aliphatic carbocycles. The molecule has 0 spiro atoms. The number of nitrogens with one attached hydrogen (secondary N) is 1. The van der Waals surface area contributed by atoms with Crippen LogP contribution in [0.3, 0.4) is 0 Å². The van der Waals surface area contributed by atoms with Crippen molar-refractivity contribution in [2.24, 2.45) is 0 Å². The summed E-state index contributed by atoms with van der Waals surface area (Å²) in [7, 11) is 0. The minimum atomic E-state index is -0.235. The Morgan fingerprint density at radius 3 is 2.89 bits per heavy atom. The van der Waals surface area contributed by atoms with Crippen molar-refractivity contribution < 1.29 is 9.90 Å². The first-order chi connectivity index (χ1) is 8.65. The molecule has 2 N–H and O–H groups in total. The van der Waals surface area contributed by atoms with Crippen molar-refractivity contribution in [1.82, 2.24) is 4.98 Å². The van der Waals surface area contributed by atoms with Crippen molar-refractivity contribution in [1.29, 1.82) is 0 Å². The maximum atomic E-state index is 11.8. The highest BCUT2D eigenvalue weighted by molar-refractivity contribution is 6.33. The SMILES string of the molecule is O=C(Cc1cccc(O)c1)Nc1ncccc1Cl. The Labute approximate surface area is 109 Å². The number of hydrogen-bond acceptors (Lipinski definition) is 3. The number of phenols is 1. The number of benzene rings is 1. The number of aromatic nitrogens is 1. The maximum Gasteiger partial charge on any atom is 0.229 e. The smallest absolute Gasteiger partial charge is 0.229 e. The fourth-order valence-electron chi connectivity index (χ4n) is 1.51. The third kappa shape index (κ3) is 3.21. The molecule has 0 saturated carbocycles. The molecule has 0 bridgehead atoms. The first kappa shape index (κ1) is 12.4. The van der Waals surface area contributed by atoms with Gasteiger partial charge in [0.15, 0.2) is 5.82 Å². The minimum absolute atomic E-state index is 0.135. The van der Waals surface area contributed by atoms with Gasteiger partial charge in [-0.1, -0.05) is 23.7 Å². The van der Waals surface area contributed by atoms with E-state index in [0.717, 1.165) is 5.56 Å². The second-order valence-corrected chi connectivity index (χ2v) is 4.14. The Morgan fingerprint density at radius 1 is 1.33 bits per heavy atom. The van der Waals surface area contributed by atoms with E-state index < -0.39 is 0 Å². The van der Waals surface area contributed by atoms with Crippen LogP contribution in [-0.2, 0) is 11.2 Å². The zero-order valence-corrected chi connectivity index (χ0v) is 10.2. The number of pyridine rings is 1. The van der Waals surface area contributed by atoms with Gasteiger partial charge >= 0.3 is 0 Å². The van der Waals surface area contributed by atoms with Crippen LogP contribution in [0, 0.1) is 0 Å². The number of rotatable bonds is 3. The molecule has 5 heteroatoms. The van der Waals surface area contributed by atoms with Crippen molar-refractivity contribution in [2.45, 2.75) is 6.42 Å². The van der Waals surface area contributed by atoms with E-state index in [4.69, 9.17) is 11.6 Å². The van der Waals surface area contributed by atoms with E-state index in [-0.39, 0.29) is 18.1 Å². The van der Waals surface area contributed by atoms with Gasteiger partial charge in [0.1, 0.15) is 5.75 Å². The molecule has 1 aromatic carbocycles. The van der Waals surface area contributed by atoms with E-state index >= 15 is 0 Å². The average Bonchev–Trinajstić information content (AvgIpc) is 2.32. The van der Waals surface area contributed by atoms with E-state index in [1.165, 1.54) is 0 Å². The quantitative estimate of drug-likeness (QED) is 0.894. The molecular formula is C13H11ClN2O2. The third-order valence-electron chi connectivity index (χ3n) is 2.29. The summed E-state index contributed by atoms with van der Waals surface area (Å²) in [6.45, 7) is 0. The number of amides is 1. The lowest BCUT2D eigenvalue weighted by atomic mass is 10.1. The van der Waals surface area contributed by atoms with E-state index in [9.17, 15) is 9.90 Å². The van der Waals surface area contributed by atoms with Crippen molar-refractivity contribution >= 4 is 23.3 Å². The van der Waals surface area contributed by atoms with Crippen LogP contribution < -0.4 is 5.32 Å². The molecular weight excluding hydrogens is 252 g/mol. The lowest BCUT2D eigenvalue weighted by Crippen LogP contribution is -2.15. The number of phenolic OH excluding ortho intramolecular Hbond substituents is 1. The monoisotopic (exact) mass is 262 g/mol. The first-order valence-corrected chi connectivity index (χ1v) is 5.71. The molecule has 1 amide bonds. The number of carbonyl (C=O) groups excluding carboxylic acids is 1. The number of halogens is 1. The normalized spacial score (nSPS) is 10.1. The highest BCUT2D eigenvalue weighted by Crippen LogP contribution is 2.18. The van der Waals surface area contributed by atoms with Crippen molar-refractivity contribution in [3.05, 3.63) is 53.2 Å². The van der Waals surface area contributed by atoms with Crippen molar-refractivity contribution in [3.8, 4) is 5.75 Å². The molecule has 0 atom stereocenters. The summed E-state index contributed by atoms with van der Waals surface area (Å²) in [6.07, 6.45) is 1.71. The van der Waals surface area contributed by atoms with Crippen LogP contribution in [0.5, 0.6) is 5.75 Å². The van der Waals surface area contributed by atoms with Gasteiger partial charge in [-0.2, -0.15) is 0 Å². The molecule has 0 fully saturated rings. The fourth-order valence-corrected chi connectivity index (χ4v) is 1.67. The van der Waals surface area contributed by atoms with Gasteiger partial charge in [-0.25, -0.2) is 4.98 Å². The van der Waals surface area contributed by atoms with Crippen LogP contribution in [0.4, 0.5) is 5.82 Å². The van der Waals surface area contributed by atoms with Gasteiger partial charge < -0.3 is 10.4 Å². The minimum Gasteiger partial charge on any atom is -0.508 e. The molecule has 0 unspecified atom stereocenters. The third-order valence-corrected chi connectivity index (χ3v) is 2.60. The molecule has 2 aromatic rings. The zero-order chi connectivity index (χ0) is 13.0. The second-order valence-electron chi connectivity index (χ2n) is 3.73. The number of anilines is 1. The van der Waals surface area contributed by atoms with Gasteiger partial charge in [0.25, 0.3) is 0 Å². The highest BCUT2D eigenvalue weighted by atomic mass is 35.5. The standard InChI is InChI=1S/C13H11ClN2O2/c14-11-5-2-6-15-13(11)16-12(18)8-9-3-1-4-10(17)7-9/h1-7,17H,8H2,(H,15,16,18). The van der Waals surface area contributed by atoms with Gasteiger partial charge in [0.2, 0.25) is 5.91 Å². The predicted molar refractivity (Wildman–Crippen MR) is 69.7 cm³/mol. The molecule has 1 aromatic heterocycles. The number of aromatic hydroxyl groups is 1. The predicted octanol–water partition coefficient (Wildman–Crippen LogP) is 2.62. The maximum absolute atomic E-state index is 11.8. The lowest BCUT2D eigenvalue weighted by Gasteiger charge is -2.06. The molecule has 2 rings (SSSR count). The van der Waals surface area contributed by atoms with E-state index in [0.29, 0.717) is 10.8 Å². The molecule has 0 radical (unpaired) electrons. The van der Waals surface area contributed by atoms with Gasteiger partial charge in [-0.3, -0.25) is 4.79 Å². The summed E-state index contributed by atoms with van der Waals surface area (Å²) >= 11 is 5.88. The van der Waals surface area contributed by atoms with Crippen LogP contribution in [-0.4, -0.2) is 16.0 Å². The number of carbonyl (C=O) groups is 1. The van der Waals surface area contributed by atoms with Crippen LogP contribution in [0.25, 0.3) is 0 Å². The summed E-state index contributed by atoms with van der Waals surface area (Å²) < 4.78 is 0. The molecule has 1 heterocycles. The van der Waals surface area contributed by atoms with Crippen LogP contribution >= 0.6 is 11.6 Å². The molecule has 92 valence electrons. The van der Waals surface area contributed by atoms with Crippen LogP contribution in [0.1, 0.15) is 5.56 Å². The average molecular weight is 263 g/mol. The van der Waals surface area contributed by atoms with Crippen LogP contribution in [0.2, 0.25) is 5.02 Å². The molecule has 18 heavy (non-hydrogen) atoms. The Hall–Kier alpha value is -2.07. The zero-order valence-electron chi connectivity index (χ0n) is 9.43. The second kappa shape index (κ2) is 5.51. The van der Waals surface area contributed by atoms with Gasteiger partial charge in [-0.05, 0) is 29.8 Å². The summed E-state index contributed by atoms with van der Waals surface area (Å²) in [5.74, 6) is 0.238. The molecule has 0 aliphatic rings.